The minimum absolute atomic E-state index is 0.102. The molecule has 1 unspecified atom stereocenters. The van der Waals surface area contributed by atoms with E-state index in [4.69, 9.17) is 4.42 Å². The number of hydrogen-bond acceptors (Lipinski definition) is 3. The van der Waals surface area contributed by atoms with E-state index < -0.39 is 0 Å². The molecule has 0 amide bonds. The van der Waals surface area contributed by atoms with Crippen molar-refractivity contribution in [3.8, 4) is 0 Å². The van der Waals surface area contributed by atoms with Gasteiger partial charge in [0.25, 0.3) is 0 Å². The molecule has 1 aromatic carbocycles. The molecule has 1 aromatic heterocycles. The van der Waals surface area contributed by atoms with Crippen LogP contribution >= 0.6 is 0 Å². The summed E-state index contributed by atoms with van der Waals surface area (Å²) in [5.74, 6) is 0.679. The molecule has 0 aliphatic carbocycles. The first-order valence-electron chi connectivity index (χ1n) is 6.88. The highest BCUT2D eigenvalue weighted by molar-refractivity contribution is 5.54. The minimum atomic E-state index is -0.208. The third-order valence-corrected chi connectivity index (χ3v) is 3.35. The van der Waals surface area contributed by atoms with Gasteiger partial charge in [-0.25, -0.2) is 4.39 Å². The summed E-state index contributed by atoms with van der Waals surface area (Å²) in [6.45, 7) is 5.59. The first-order valence-corrected chi connectivity index (χ1v) is 6.88. The van der Waals surface area contributed by atoms with E-state index in [-0.39, 0.29) is 11.9 Å². The zero-order chi connectivity index (χ0) is 14.5. The molecule has 0 aliphatic rings. The van der Waals surface area contributed by atoms with Crippen LogP contribution in [0.3, 0.4) is 0 Å². The first kappa shape index (κ1) is 14.6. The smallest absolute Gasteiger partial charge is 0.123 e. The zero-order valence-corrected chi connectivity index (χ0v) is 12.2. The van der Waals surface area contributed by atoms with E-state index in [0.29, 0.717) is 6.54 Å². The van der Waals surface area contributed by atoms with Crippen LogP contribution in [0.25, 0.3) is 0 Å². The Morgan fingerprint density at radius 2 is 2.15 bits per heavy atom. The molecule has 108 valence electrons. The van der Waals surface area contributed by atoms with E-state index in [2.05, 4.69) is 10.2 Å². The minimum Gasteiger partial charge on any atom is -0.467 e. The monoisotopic (exact) mass is 276 g/mol. The number of benzene rings is 1. The highest BCUT2D eigenvalue weighted by Gasteiger charge is 2.14. The maximum Gasteiger partial charge on any atom is 0.123 e. The van der Waals surface area contributed by atoms with Crippen LogP contribution in [0.1, 0.15) is 31.2 Å². The number of rotatable bonds is 6. The summed E-state index contributed by atoms with van der Waals surface area (Å²) in [5.41, 5.74) is 1.97. The molecule has 2 rings (SSSR count). The average Bonchev–Trinajstić information content (AvgIpc) is 2.91. The molecule has 3 nitrogen and oxygen atoms in total. The van der Waals surface area contributed by atoms with Gasteiger partial charge in [0.1, 0.15) is 11.6 Å². The van der Waals surface area contributed by atoms with Crippen molar-refractivity contribution < 1.29 is 8.81 Å². The van der Waals surface area contributed by atoms with E-state index in [9.17, 15) is 4.39 Å². The van der Waals surface area contributed by atoms with Gasteiger partial charge < -0.3 is 14.6 Å². The van der Waals surface area contributed by atoms with Gasteiger partial charge in [0, 0.05) is 18.8 Å². The van der Waals surface area contributed by atoms with Gasteiger partial charge in [-0.2, -0.15) is 0 Å². The van der Waals surface area contributed by atoms with Crippen LogP contribution < -0.4 is 10.2 Å². The summed E-state index contributed by atoms with van der Waals surface area (Å²) in [5, 5.41) is 3.33. The SMILES string of the molecule is CCNC(C)c1cc(F)ccc1N(C)Cc1ccco1. The maximum absolute atomic E-state index is 13.5. The third-order valence-electron chi connectivity index (χ3n) is 3.35. The lowest BCUT2D eigenvalue weighted by atomic mass is 10.0. The standard InChI is InChI=1S/C16H21FN2O/c1-4-18-12(2)15-10-13(17)7-8-16(15)19(3)11-14-6-5-9-20-14/h5-10,12,18H,4,11H2,1-3H3. The van der Waals surface area contributed by atoms with Crippen LogP contribution in [0.2, 0.25) is 0 Å². The summed E-state index contributed by atoms with van der Waals surface area (Å²) in [4.78, 5) is 2.07. The molecular weight excluding hydrogens is 255 g/mol. The Hall–Kier alpha value is -1.81. The topological polar surface area (TPSA) is 28.4 Å². The van der Waals surface area contributed by atoms with E-state index in [0.717, 1.165) is 23.6 Å². The number of nitrogens with one attached hydrogen (secondary N) is 1. The number of anilines is 1. The molecule has 1 atom stereocenters. The number of furan rings is 1. The Morgan fingerprint density at radius 3 is 2.80 bits per heavy atom. The molecule has 20 heavy (non-hydrogen) atoms. The maximum atomic E-state index is 13.5. The average molecular weight is 276 g/mol. The molecule has 4 heteroatoms. The van der Waals surface area contributed by atoms with E-state index in [1.54, 1.807) is 12.3 Å². The predicted molar refractivity (Wildman–Crippen MR) is 79.3 cm³/mol. The van der Waals surface area contributed by atoms with Gasteiger partial charge in [-0.3, -0.25) is 0 Å². The van der Waals surface area contributed by atoms with Crippen LogP contribution in [-0.2, 0) is 6.54 Å². The first-order chi connectivity index (χ1) is 9.61. The molecule has 0 spiro atoms. The molecule has 1 heterocycles. The van der Waals surface area contributed by atoms with Crippen LogP contribution in [0, 0.1) is 5.82 Å². The molecule has 0 fully saturated rings. The van der Waals surface area contributed by atoms with Crippen molar-refractivity contribution >= 4 is 5.69 Å². The highest BCUT2D eigenvalue weighted by Crippen LogP contribution is 2.27. The van der Waals surface area contributed by atoms with Crippen molar-refractivity contribution in [2.24, 2.45) is 0 Å². The van der Waals surface area contributed by atoms with Crippen molar-refractivity contribution in [2.75, 3.05) is 18.5 Å². The van der Waals surface area contributed by atoms with E-state index in [1.165, 1.54) is 6.07 Å². The molecule has 2 aromatic rings. The highest BCUT2D eigenvalue weighted by atomic mass is 19.1. The molecule has 0 saturated carbocycles. The summed E-state index contributed by atoms with van der Waals surface area (Å²) >= 11 is 0. The van der Waals surface area contributed by atoms with Crippen LogP contribution in [0.5, 0.6) is 0 Å². The van der Waals surface area contributed by atoms with Gasteiger partial charge in [0.15, 0.2) is 0 Å². The molecule has 0 saturated heterocycles. The van der Waals surface area contributed by atoms with Crippen molar-refractivity contribution in [1.29, 1.82) is 0 Å². The molecule has 1 N–H and O–H groups in total. The molecule has 0 aliphatic heterocycles. The normalized spacial score (nSPS) is 12.4. The second kappa shape index (κ2) is 6.57. The van der Waals surface area contributed by atoms with Crippen LogP contribution in [0.4, 0.5) is 10.1 Å². The Morgan fingerprint density at radius 1 is 1.35 bits per heavy atom. The number of halogens is 1. The zero-order valence-electron chi connectivity index (χ0n) is 12.2. The van der Waals surface area contributed by atoms with Crippen LogP contribution in [0.15, 0.2) is 41.0 Å². The summed E-state index contributed by atoms with van der Waals surface area (Å²) in [6.07, 6.45) is 1.66. The number of nitrogens with zero attached hydrogens (tertiary/aromatic N) is 1. The van der Waals surface area contributed by atoms with Gasteiger partial charge in [0.2, 0.25) is 0 Å². The Kier molecular flexibility index (Phi) is 4.79. The summed E-state index contributed by atoms with van der Waals surface area (Å²) in [7, 11) is 1.98. The predicted octanol–water partition coefficient (Wildman–Crippen LogP) is 3.73. The Labute approximate surface area is 119 Å². The molecule has 0 radical (unpaired) electrons. The second-order valence-electron chi connectivity index (χ2n) is 4.92. The van der Waals surface area contributed by atoms with E-state index >= 15 is 0 Å². The van der Waals surface area contributed by atoms with Gasteiger partial charge in [-0.05, 0) is 49.4 Å². The summed E-state index contributed by atoms with van der Waals surface area (Å²) in [6, 6.07) is 8.83. The number of hydrogen-bond donors (Lipinski definition) is 1. The van der Waals surface area contributed by atoms with E-state index in [1.807, 2.05) is 39.1 Å². The second-order valence-corrected chi connectivity index (χ2v) is 4.92. The van der Waals surface area contributed by atoms with Crippen LogP contribution in [-0.4, -0.2) is 13.6 Å². The fourth-order valence-corrected chi connectivity index (χ4v) is 2.36. The third kappa shape index (κ3) is 3.39. The lowest BCUT2D eigenvalue weighted by Crippen LogP contribution is -2.23. The molecular formula is C16H21FN2O. The van der Waals surface area contributed by atoms with Gasteiger partial charge in [0.05, 0.1) is 12.8 Å². The fraction of sp³-hybridized carbons (Fsp3) is 0.375. The summed E-state index contributed by atoms with van der Waals surface area (Å²) < 4.78 is 18.9. The Balaban J connectivity index is 2.25. The lowest BCUT2D eigenvalue weighted by Gasteiger charge is -2.25. The van der Waals surface area contributed by atoms with Gasteiger partial charge >= 0.3 is 0 Å². The fourth-order valence-electron chi connectivity index (χ4n) is 2.36. The molecule has 0 bridgehead atoms. The van der Waals surface area contributed by atoms with Crippen molar-refractivity contribution in [1.82, 2.24) is 5.32 Å². The van der Waals surface area contributed by atoms with Gasteiger partial charge in [-0.15, -0.1) is 0 Å². The Bertz CT molecular complexity index is 539. The quantitative estimate of drug-likeness (QED) is 0.871. The van der Waals surface area contributed by atoms with Crippen molar-refractivity contribution in [2.45, 2.75) is 26.4 Å². The van der Waals surface area contributed by atoms with Crippen molar-refractivity contribution in [3.05, 3.63) is 53.7 Å². The lowest BCUT2D eigenvalue weighted by molar-refractivity contribution is 0.506. The largest absolute Gasteiger partial charge is 0.467 e. The van der Waals surface area contributed by atoms with Gasteiger partial charge in [-0.1, -0.05) is 6.92 Å². The van der Waals surface area contributed by atoms with Crippen molar-refractivity contribution in [3.63, 3.8) is 0 Å².